The zero-order chi connectivity index (χ0) is 11.4. The lowest BCUT2D eigenvalue weighted by Gasteiger charge is -2.31. The molecule has 1 aliphatic heterocycles. The molecule has 3 heteroatoms. The lowest BCUT2D eigenvalue weighted by Crippen LogP contribution is -2.40. The van der Waals surface area contributed by atoms with Gasteiger partial charge >= 0.3 is 0 Å². The largest absolute Gasteiger partial charge is 0.379 e. The Morgan fingerprint density at radius 1 is 1.38 bits per heavy atom. The molecule has 2 fully saturated rings. The van der Waals surface area contributed by atoms with Crippen LogP contribution in [0.5, 0.6) is 0 Å². The molecule has 92 valence electrons. The molecule has 3 nitrogen and oxygen atoms in total. The van der Waals surface area contributed by atoms with E-state index in [2.05, 4.69) is 29.2 Å². The Balaban J connectivity index is 1.70. The molecule has 2 rings (SSSR count). The van der Waals surface area contributed by atoms with E-state index in [1.165, 1.54) is 45.2 Å². The van der Waals surface area contributed by atoms with E-state index >= 15 is 0 Å². The first-order valence-corrected chi connectivity index (χ1v) is 6.52. The predicted octanol–water partition coefficient (Wildman–Crippen LogP) is 1.53. The molecule has 0 spiro atoms. The Bertz CT molecular complexity index is 227. The molecule has 2 N–H and O–H groups in total. The van der Waals surface area contributed by atoms with E-state index < -0.39 is 0 Å². The maximum Gasteiger partial charge on any atom is 0.0652 e. The fraction of sp³-hybridized carbons (Fsp3) is 0.846. The number of rotatable bonds is 6. The van der Waals surface area contributed by atoms with E-state index in [0.29, 0.717) is 5.54 Å². The summed E-state index contributed by atoms with van der Waals surface area (Å²) >= 11 is 0. The van der Waals surface area contributed by atoms with E-state index in [-0.39, 0.29) is 0 Å². The highest BCUT2D eigenvalue weighted by molar-refractivity contribution is 5.03. The van der Waals surface area contributed by atoms with Crippen LogP contribution in [-0.2, 0) is 0 Å². The second-order valence-electron chi connectivity index (χ2n) is 5.49. The Morgan fingerprint density at radius 3 is 2.62 bits per heavy atom. The second-order valence-corrected chi connectivity index (χ2v) is 5.49. The van der Waals surface area contributed by atoms with E-state index in [1.54, 1.807) is 6.20 Å². The third-order valence-electron chi connectivity index (χ3n) is 4.08. The van der Waals surface area contributed by atoms with Crippen LogP contribution in [-0.4, -0.2) is 37.2 Å². The topological polar surface area (TPSA) is 27.3 Å². The van der Waals surface area contributed by atoms with Crippen molar-refractivity contribution >= 4 is 0 Å². The van der Waals surface area contributed by atoms with E-state index in [0.717, 1.165) is 12.6 Å². The van der Waals surface area contributed by atoms with Gasteiger partial charge in [-0.1, -0.05) is 6.58 Å². The summed E-state index contributed by atoms with van der Waals surface area (Å²) in [5.41, 5.74) is 0.469. The van der Waals surface area contributed by atoms with Gasteiger partial charge in [-0.05, 0) is 64.4 Å². The van der Waals surface area contributed by atoms with Gasteiger partial charge in [-0.3, -0.25) is 5.32 Å². The number of likely N-dealkylation sites (tertiary alicyclic amines) is 1. The lowest BCUT2D eigenvalue weighted by atomic mass is 9.89. The summed E-state index contributed by atoms with van der Waals surface area (Å²) in [6, 6.07) is 0. The molecule has 0 aromatic carbocycles. The quantitative estimate of drug-likeness (QED) is 0.528. The Kier molecular flexibility index (Phi) is 3.87. The molecule has 0 amide bonds. The van der Waals surface area contributed by atoms with E-state index in [1.807, 2.05) is 0 Å². The van der Waals surface area contributed by atoms with Crippen LogP contribution in [0.1, 0.15) is 32.1 Å². The van der Waals surface area contributed by atoms with Gasteiger partial charge in [-0.15, -0.1) is 0 Å². The highest BCUT2D eigenvalue weighted by Gasteiger charge is 2.43. The van der Waals surface area contributed by atoms with E-state index in [4.69, 9.17) is 0 Å². The maximum atomic E-state index is 3.67. The molecular formula is C13H25N3. The van der Waals surface area contributed by atoms with Crippen LogP contribution >= 0.6 is 0 Å². The number of hydrogen-bond donors (Lipinski definition) is 2. The molecule has 2 aliphatic rings. The van der Waals surface area contributed by atoms with Gasteiger partial charge in [0.15, 0.2) is 0 Å². The Hall–Kier alpha value is -0.540. The van der Waals surface area contributed by atoms with Crippen LogP contribution in [0.15, 0.2) is 12.8 Å². The molecule has 1 saturated heterocycles. The third kappa shape index (κ3) is 3.22. The normalized spacial score (nSPS) is 25.3. The van der Waals surface area contributed by atoms with Crippen LogP contribution in [0, 0.1) is 5.92 Å². The summed E-state index contributed by atoms with van der Waals surface area (Å²) < 4.78 is 0. The van der Waals surface area contributed by atoms with Gasteiger partial charge in [-0.25, -0.2) is 0 Å². The first-order chi connectivity index (χ1) is 7.74. The van der Waals surface area contributed by atoms with Gasteiger partial charge in [0.25, 0.3) is 0 Å². The number of piperidine rings is 1. The van der Waals surface area contributed by atoms with Crippen molar-refractivity contribution in [3.05, 3.63) is 12.8 Å². The molecule has 0 atom stereocenters. The van der Waals surface area contributed by atoms with Crippen LogP contribution in [0.2, 0.25) is 0 Å². The van der Waals surface area contributed by atoms with Crippen LogP contribution < -0.4 is 10.6 Å². The summed E-state index contributed by atoms with van der Waals surface area (Å²) in [4.78, 5) is 2.45. The second kappa shape index (κ2) is 5.19. The van der Waals surface area contributed by atoms with Gasteiger partial charge in [-0.2, -0.15) is 0 Å². The van der Waals surface area contributed by atoms with Crippen molar-refractivity contribution in [2.75, 3.05) is 26.8 Å². The molecule has 0 radical (unpaired) electrons. The van der Waals surface area contributed by atoms with Crippen molar-refractivity contribution in [3.63, 3.8) is 0 Å². The zero-order valence-electron chi connectivity index (χ0n) is 10.5. The highest BCUT2D eigenvalue weighted by atomic mass is 15.1. The third-order valence-corrected chi connectivity index (χ3v) is 4.08. The van der Waals surface area contributed by atoms with Crippen LogP contribution in [0.25, 0.3) is 0 Å². The number of hydrogen-bond acceptors (Lipinski definition) is 3. The lowest BCUT2D eigenvalue weighted by molar-refractivity contribution is 0.196. The minimum atomic E-state index is 0.469. The summed E-state index contributed by atoms with van der Waals surface area (Å²) in [6.45, 7) is 7.11. The predicted molar refractivity (Wildman–Crippen MR) is 68.1 cm³/mol. The van der Waals surface area contributed by atoms with Crippen LogP contribution in [0.3, 0.4) is 0 Å². The highest BCUT2D eigenvalue weighted by Crippen LogP contribution is 2.42. The summed E-state index contributed by atoms with van der Waals surface area (Å²) in [5.74, 6) is 0.940. The van der Waals surface area contributed by atoms with E-state index in [9.17, 15) is 0 Å². The molecular weight excluding hydrogens is 198 g/mol. The first kappa shape index (κ1) is 11.9. The fourth-order valence-electron chi connectivity index (χ4n) is 2.73. The number of nitrogens with zero attached hydrogens (tertiary/aromatic N) is 1. The fourth-order valence-corrected chi connectivity index (χ4v) is 2.73. The summed E-state index contributed by atoms with van der Waals surface area (Å²) in [6.07, 6.45) is 8.62. The van der Waals surface area contributed by atoms with Crippen molar-refractivity contribution in [2.45, 2.75) is 37.6 Å². The van der Waals surface area contributed by atoms with Crippen molar-refractivity contribution in [1.82, 2.24) is 15.5 Å². The summed E-state index contributed by atoms with van der Waals surface area (Å²) in [7, 11) is 2.23. The van der Waals surface area contributed by atoms with Gasteiger partial charge in [0.2, 0.25) is 0 Å². The Morgan fingerprint density at radius 2 is 2.06 bits per heavy atom. The molecule has 0 aromatic rings. The molecule has 1 heterocycles. The standard InChI is InChI=1S/C13H25N3/c1-3-14-11-15-13(6-7-13)10-12-4-8-16(2)9-5-12/h3,12,14-15H,1,4-11H2,2H3. The van der Waals surface area contributed by atoms with Gasteiger partial charge in [0.05, 0.1) is 6.67 Å². The molecule has 1 aliphatic carbocycles. The number of nitrogens with one attached hydrogen (secondary N) is 2. The zero-order valence-corrected chi connectivity index (χ0v) is 10.5. The molecule has 0 aromatic heterocycles. The van der Waals surface area contributed by atoms with Crippen LogP contribution in [0.4, 0.5) is 0 Å². The molecule has 1 saturated carbocycles. The van der Waals surface area contributed by atoms with Crippen molar-refractivity contribution in [3.8, 4) is 0 Å². The monoisotopic (exact) mass is 223 g/mol. The van der Waals surface area contributed by atoms with Crippen molar-refractivity contribution in [2.24, 2.45) is 5.92 Å². The smallest absolute Gasteiger partial charge is 0.0652 e. The average molecular weight is 223 g/mol. The maximum absolute atomic E-state index is 3.67. The van der Waals surface area contributed by atoms with Crippen molar-refractivity contribution < 1.29 is 0 Å². The molecule has 16 heavy (non-hydrogen) atoms. The average Bonchev–Trinajstić information content (AvgIpc) is 3.03. The van der Waals surface area contributed by atoms with Gasteiger partial charge < -0.3 is 10.2 Å². The SMILES string of the molecule is C=CNCNC1(CC2CCN(C)CC2)CC1. The van der Waals surface area contributed by atoms with Gasteiger partial charge in [0, 0.05) is 5.54 Å². The minimum absolute atomic E-state index is 0.469. The van der Waals surface area contributed by atoms with Gasteiger partial charge in [0.1, 0.15) is 0 Å². The summed E-state index contributed by atoms with van der Waals surface area (Å²) in [5, 5.41) is 6.77. The minimum Gasteiger partial charge on any atom is -0.379 e. The Labute approximate surface area is 99.3 Å². The van der Waals surface area contributed by atoms with Crippen molar-refractivity contribution in [1.29, 1.82) is 0 Å². The first-order valence-electron chi connectivity index (χ1n) is 6.52. The molecule has 0 unspecified atom stereocenters. The molecule has 0 bridgehead atoms.